The Morgan fingerprint density at radius 2 is 1.87 bits per heavy atom. The van der Waals surface area contributed by atoms with Crippen LogP contribution in [0.25, 0.3) is 11.4 Å². The lowest BCUT2D eigenvalue weighted by Gasteiger charge is -2.29. The second-order valence-electron chi connectivity index (χ2n) is 7.04. The van der Waals surface area contributed by atoms with Crippen LogP contribution in [0.1, 0.15) is 18.6 Å². The molecule has 1 N–H and O–H groups in total. The number of methoxy groups -OCH3 is 2. The summed E-state index contributed by atoms with van der Waals surface area (Å²) in [5.41, 5.74) is 0.764. The first-order valence-electron chi connectivity index (χ1n) is 9.62. The van der Waals surface area contributed by atoms with E-state index in [-0.39, 0.29) is 11.8 Å². The SMILES string of the molecule is COc1ccc(-c2noc(N3CCC(C(=O)Nc4cc(C)on4)CC3)n2)cc1OC. The summed E-state index contributed by atoms with van der Waals surface area (Å²) in [5, 5.41) is 10.7. The van der Waals surface area contributed by atoms with E-state index in [0.29, 0.717) is 60.8 Å². The minimum atomic E-state index is -0.105. The molecule has 3 aromatic rings. The number of hydrogen-bond acceptors (Lipinski definition) is 9. The summed E-state index contributed by atoms with van der Waals surface area (Å²) in [7, 11) is 3.16. The van der Waals surface area contributed by atoms with Crippen LogP contribution in [0.15, 0.2) is 33.3 Å². The number of rotatable bonds is 6. The normalized spacial score (nSPS) is 14.6. The lowest BCUT2D eigenvalue weighted by Crippen LogP contribution is -2.38. The molecule has 3 heterocycles. The Kier molecular flexibility index (Phi) is 5.55. The first kappa shape index (κ1) is 19.7. The molecule has 30 heavy (non-hydrogen) atoms. The van der Waals surface area contributed by atoms with Crippen LogP contribution in [0.2, 0.25) is 0 Å². The third-order valence-electron chi connectivity index (χ3n) is 5.07. The van der Waals surface area contributed by atoms with E-state index in [2.05, 4.69) is 20.6 Å². The van der Waals surface area contributed by atoms with Crippen molar-refractivity contribution < 1.29 is 23.3 Å². The van der Waals surface area contributed by atoms with Gasteiger partial charge in [-0.3, -0.25) is 4.79 Å². The van der Waals surface area contributed by atoms with Crippen LogP contribution in [-0.2, 0) is 4.79 Å². The van der Waals surface area contributed by atoms with Gasteiger partial charge >= 0.3 is 6.01 Å². The fourth-order valence-electron chi connectivity index (χ4n) is 3.42. The molecule has 1 amide bonds. The molecule has 1 fully saturated rings. The molecule has 0 unspecified atom stereocenters. The highest BCUT2D eigenvalue weighted by Crippen LogP contribution is 2.32. The van der Waals surface area contributed by atoms with Crippen molar-refractivity contribution in [1.82, 2.24) is 15.3 Å². The number of benzene rings is 1. The van der Waals surface area contributed by atoms with E-state index in [1.165, 1.54) is 0 Å². The minimum Gasteiger partial charge on any atom is -0.493 e. The van der Waals surface area contributed by atoms with Gasteiger partial charge < -0.3 is 28.7 Å². The first-order valence-corrected chi connectivity index (χ1v) is 9.62. The third-order valence-corrected chi connectivity index (χ3v) is 5.07. The Morgan fingerprint density at radius 1 is 1.10 bits per heavy atom. The topological polar surface area (TPSA) is 116 Å². The van der Waals surface area contributed by atoms with E-state index in [1.54, 1.807) is 39.3 Å². The highest BCUT2D eigenvalue weighted by Gasteiger charge is 2.28. The number of piperidine rings is 1. The Hall–Kier alpha value is -3.56. The number of carbonyl (C=O) groups excluding carboxylic acids is 1. The number of ether oxygens (including phenoxy) is 2. The molecule has 2 aromatic heterocycles. The smallest absolute Gasteiger partial charge is 0.324 e. The molecule has 0 radical (unpaired) electrons. The maximum atomic E-state index is 12.4. The summed E-state index contributed by atoms with van der Waals surface area (Å²) in [6.45, 7) is 3.06. The molecule has 1 aromatic carbocycles. The summed E-state index contributed by atoms with van der Waals surface area (Å²) in [5.74, 6) is 2.62. The van der Waals surface area contributed by atoms with Crippen LogP contribution < -0.4 is 19.7 Å². The number of aromatic nitrogens is 3. The van der Waals surface area contributed by atoms with E-state index in [0.717, 1.165) is 5.56 Å². The van der Waals surface area contributed by atoms with Crippen molar-refractivity contribution in [2.75, 3.05) is 37.5 Å². The van der Waals surface area contributed by atoms with E-state index < -0.39 is 0 Å². The Bertz CT molecular complexity index is 1020. The molecule has 0 aliphatic carbocycles. The fraction of sp³-hybridized carbons (Fsp3) is 0.400. The maximum Gasteiger partial charge on any atom is 0.324 e. The lowest BCUT2D eigenvalue weighted by molar-refractivity contribution is -0.120. The van der Waals surface area contributed by atoms with Gasteiger partial charge in [0.1, 0.15) is 5.76 Å². The molecular weight excluding hydrogens is 390 g/mol. The van der Waals surface area contributed by atoms with Crippen molar-refractivity contribution in [2.45, 2.75) is 19.8 Å². The zero-order valence-electron chi connectivity index (χ0n) is 17.0. The van der Waals surface area contributed by atoms with Gasteiger partial charge in [-0.15, -0.1) is 0 Å². The van der Waals surface area contributed by atoms with Crippen LogP contribution >= 0.6 is 0 Å². The molecule has 10 nitrogen and oxygen atoms in total. The zero-order valence-corrected chi connectivity index (χ0v) is 17.0. The Labute approximate surface area is 173 Å². The molecule has 1 aliphatic heterocycles. The quantitative estimate of drug-likeness (QED) is 0.651. The van der Waals surface area contributed by atoms with Gasteiger partial charge in [0.25, 0.3) is 0 Å². The number of anilines is 2. The van der Waals surface area contributed by atoms with Gasteiger partial charge in [0.05, 0.1) is 14.2 Å². The highest BCUT2D eigenvalue weighted by molar-refractivity contribution is 5.91. The maximum absolute atomic E-state index is 12.4. The number of aryl methyl sites for hydroxylation is 1. The first-order chi connectivity index (χ1) is 14.6. The molecule has 158 valence electrons. The minimum absolute atomic E-state index is 0.0560. The number of carbonyl (C=O) groups is 1. The van der Waals surface area contributed by atoms with Crippen molar-refractivity contribution in [3.8, 4) is 22.9 Å². The molecule has 0 saturated carbocycles. The molecular formula is C20H23N5O5. The molecule has 0 spiro atoms. The molecule has 0 atom stereocenters. The highest BCUT2D eigenvalue weighted by atomic mass is 16.5. The van der Waals surface area contributed by atoms with E-state index in [9.17, 15) is 4.79 Å². The lowest BCUT2D eigenvalue weighted by atomic mass is 9.96. The van der Waals surface area contributed by atoms with Crippen LogP contribution in [0.3, 0.4) is 0 Å². The van der Waals surface area contributed by atoms with Crippen molar-refractivity contribution in [1.29, 1.82) is 0 Å². The summed E-state index contributed by atoms with van der Waals surface area (Å²) in [6, 6.07) is 7.57. The van der Waals surface area contributed by atoms with E-state index >= 15 is 0 Å². The molecule has 4 rings (SSSR count). The number of nitrogens with one attached hydrogen (secondary N) is 1. The predicted octanol–water partition coefficient (Wildman–Crippen LogP) is 2.91. The van der Waals surface area contributed by atoms with Gasteiger partial charge in [0, 0.05) is 30.6 Å². The predicted molar refractivity (Wildman–Crippen MR) is 108 cm³/mol. The van der Waals surface area contributed by atoms with Crippen LogP contribution in [0, 0.1) is 12.8 Å². The third kappa shape index (κ3) is 4.07. The van der Waals surface area contributed by atoms with Crippen molar-refractivity contribution >= 4 is 17.7 Å². The monoisotopic (exact) mass is 413 g/mol. The summed E-state index contributed by atoms with van der Waals surface area (Å²) >= 11 is 0. The second kappa shape index (κ2) is 8.44. The number of hydrogen-bond donors (Lipinski definition) is 1. The van der Waals surface area contributed by atoms with Gasteiger partial charge in [-0.05, 0) is 38.0 Å². The van der Waals surface area contributed by atoms with Crippen LogP contribution in [-0.4, -0.2) is 48.5 Å². The molecule has 1 aliphatic rings. The van der Waals surface area contributed by atoms with E-state index in [4.69, 9.17) is 18.5 Å². The zero-order chi connectivity index (χ0) is 21.1. The average Bonchev–Trinajstić information content (AvgIpc) is 3.42. The summed E-state index contributed by atoms with van der Waals surface area (Å²) in [6.07, 6.45) is 1.35. The second-order valence-corrected chi connectivity index (χ2v) is 7.04. The van der Waals surface area contributed by atoms with Gasteiger partial charge in [0.2, 0.25) is 11.7 Å². The van der Waals surface area contributed by atoms with Crippen molar-refractivity contribution in [3.63, 3.8) is 0 Å². The Balaban J connectivity index is 1.38. The molecule has 0 bridgehead atoms. The molecule has 1 saturated heterocycles. The van der Waals surface area contributed by atoms with Gasteiger partial charge in [-0.25, -0.2) is 0 Å². The largest absolute Gasteiger partial charge is 0.493 e. The number of amides is 1. The van der Waals surface area contributed by atoms with Crippen LogP contribution in [0.5, 0.6) is 11.5 Å². The van der Waals surface area contributed by atoms with E-state index in [1.807, 2.05) is 11.0 Å². The van der Waals surface area contributed by atoms with Gasteiger partial charge in [-0.1, -0.05) is 10.3 Å². The van der Waals surface area contributed by atoms with Crippen molar-refractivity contribution in [2.24, 2.45) is 5.92 Å². The van der Waals surface area contributed by atoms with Gasteiger partial charge in [0.15, 0.2) is 17.3 Å². The Morgan fingerprint density at radius 3 is 2.53 bits per heavy atom. The standard InChI is InChI=1S/C20H23N5O5/c1-12-10-17(23-29-12)21-19(26)13-6-8-25(9-7-13)20-22-18(24-30-20)14-4-5-15(27-2)16(11-14)28-3/h4-5,10-11,13H,6-9H2,1-3H3,(H,21,23,26). The fourth-order valence-corrected chi connectivity index (χ4v) is 3.42. The summed E-state index contributed by atoms with van der Waals surface area (Å²) < 4.78 is 21.0. The van der Waals surface area contributed by atoms with Crippen LogP contribution in [0.4, 0.5) is 11.8 Å². The number of nitrogens with zero attached hydrogens (tertiary/aromatic N) is 4. The summed E-state index contributed by atoms with van der Waals surface area (Å²) in [4.78, 5) is 18.9. The molecule has 10 heteroatoms. The van der Waals surface area contributed by atoms with Gasteiger partial charge in [-0.2, -0.15) is 4.98 Å². The average molecular weight is 413 g/mol. The van der Waals surface area contributed by atoms with Crippen molar-refractivity contribution in [3.05, 3.63) is 30.0 Å².